The lowest BCUT2D eigenvalue weighted by Crippen LogP contribution is -2.27. The molecule has 0 radical (unpaired) electrons. The summed E-state index contributed by atoms with van der Waals surface area (Å²) in [7, 11) is 0. The predicted octanol–water partition coefficient (Wildman–Crippen LogP) is 5.85. The minimum Gasteiger partial charge on any atom is -0.490 e. The number of thioether (sulfide) groups is 1. The van der Waals surface area contributed by atoms with E-state index in [2.05, 4.69) is 27.9 Å². The lowest BCUT2D eigenvalue weighted by atomic mass is 10.1. The number of carbonyl (C=O) groups excluding carboxylic acids is 3. The number of nitrogens with zero attached hydrogens (tertiary/aromatic N) is 2. The van der Waals surface area contributed by atoms with Gasteiger partial charge in [0.15, 0.2) is 18.1 Å². The van der Waals surface area contributed by atoms with Crippen LogP contribution in [-0.2, 0) is 16.1 Å². The molecule has 3 aromatic carbocycles. The fourth-order valence-electron chi connectivity index (χ4n) is 3.62. The van der Waals surface area contributed by atoms with Crippen LogP contribution < -0.4 is 14.8 Å². The van der Waals surface area contributed by atoms with Gasteiger partial charge in [0.1, 0.15) is 0 Å². The van der Waals surface area contributed by atoms with Crippen LogP contribution >= 0.6 is 34.4 Å². The second-order valence-corrected chi connectivity index (χ2v) is 10.3. The summed E-state index contributed by atoms with van der Waals surface area (Å²) < 4.78 is 12.2. The lowest BCUT2D eigenvalue weighted by Gasteiger charge is -2.15. The van der Waals surface area contributed by atoms with Crippen LogP contribution in [0.3, 0.4) is 0 Å². The van der Waals surface area contributed by atoms with Gasteiger partial charge in [-0.05, 0) is 82.7 Å². The molecule has 12 heteroatoms. The van der Waals surface area contributed by atoms with E-state index in [0.29, 0.717) is 38.5 Å². The Balaban J connectivity index is 1.48. The Kier molecular flexibility index (Phi) is 9.19. The summed E-state index contributed by atoms with van der Waals surface area (Å²) in [6, 6.07) is 18.2. The van der Waals surface area contributed by atoms with Gasteiger partial charge in [0.25, 0.3) is 22.7 Å². The van der Waals surface area contributed by atoms with Gasteiger partial charge in [-0.2, -0.15) is 0 Å². The second kappa shape index (κ2) is 12.8. The smallest absolute Gasteiger partial charge is 0.293 e. The highest BCUT2D eigenvalue weighted by molar-refractivity contribution is 14.1. The van der Waals surface area contributed by atoms with E-state index in [1.165, 1.54) is 24.3 Å². The maximum atomic E-state index is 13.0. The molecule has 0 unspecified atom stereocenters. The summed E-state index contributed by atoms with van der Waals surface area (Å²) in [4.78, 5) is 49.6. The van der Waals surface area contributed by atoms with Crippen molar-refractivity contribution in [1.82, 2.24) is 4.90 Å². The van der Waals surface area contributed by atoms with Gasteiger partial charge in [-0.3, -0.25) is 29.4 Å². The van der Waals surface area contributed by atoms with Crippen molar-refractivity contribution in [3.8, 4) is 11.5 Å². The molecule has 0 aromatic heterocycles. The molecule has 0 atom stereocenters. The van der Waals surface area contributed by atoms with Crippen LogP contribution in [0.15, 0.2) is 71.6 Å². The summed E-state index contributed by atoms with van der Waals surface area (Å²) in [6.07, 6.45) is 1.59. The zero-order chi connectivity index (χ0) is 27.9. The van der Waals surface area contributed by atoms with Gasteiger partial charge >= 0.3 is 0 Å². The van der Waals surface area contributed by atoms with E-state index in [0.717, 1.165) is 16.7 Å². The van der Waals surface area contributed by atoms with Crippen molar-refractivity contribution in [3.05, 3.63) is 96.4 Å². The average molecular weight is 659 g/mol. The number of hydrogen-bond acceptors (Lipinski definition) is 8. The van der Waals surface area contributed by atoms with E-state index in [9.17, 15) is 24.5 Å². The van der Waals surface area contributed by atoms with Crippen molar-refractivity contribution >= 4 is 68.9 Å². The Hall–Kier alpha value is -3.91. The highest BCUT2D eigenvalue weighted by atomic mass is 127. The van der Waals surface area contributed by atoms with Crippen LogP contribution in [0.5, 0.6) is 11.5 Å². The summed E-state index contributed by atoms with van der Waals surface area (Å²) in [5.74, 6) is -0.00296. The Labute approximate surface area is 241 Å². The number of hydrogen-bond donors (Lipinski definition) is 1. The van der Waals surface area contributed by atoms with Crippen LogP contribution in [0.25, 0.3) is 6.08 Å². The zero-order valence-electron chi connectivity index (χ0n) is 20.6. The molecule has 1 aliphatic heterocycles. The Bertz CT molecular complexity index is 1450. The van der Waals surface area contributed by atoms with Crippen molar-refractivity contribution < 1.29 is 28.8 Å². The van der Waals surface area contributed by atoms with Gasteiger partial charge in [0.05, 0.1) is 26.6 Å². The summed E-state index contributed by atoms with van der Waals surface area (Å²) >= 11 is 2.87. The van der Waals surface area contributed by atoms with Gasteiger partial charge in [-0.1, -0.05) is 30.3 Å². The van der Waals surface area contributed by atoms with E-state index >= 15 is 0 Å². The summed E-state index contributed by atoms with van der Waals surface area (Å²) in [6.45, 7) is 1.93. The largest absolute Gasteiger partial charge is 0.490 e. The molecule has 10 nitrogen and oxygen atoms in total. The van der Waals surface area contributed by atoms with Crippen LogP contribution in [0, 0.1) is 13.7 Å². The van der Waals surface area contributed by atoms with Gasteiger partial charge in [-0.15, -0.1) is 0 Å². The normalized spacial score (nSPS) is 14.0. The Morgan fingerprint density at radius 1 is 1.10 bits per heavy atom. The predicted molar refractivity (Wildman–Crippen MR) is 156 cm³/mol. The number of benzene rings is 3. The SMILES string of the molecule is CCOc1cc(/C=C2\SC(=O)N(Cc3ccc([N+](=O)[O-])cc3)C2=O)cc(I)c1OCC(=O)Nc1ccccc1. The van der Waals surface area contributed by atoms with E-state index in [-0.39, 0.29) is 29.7 Å². The van der Waals surface area contributed by atoms with E-state index < -0.39 is 16.1 Å². The van der Waals surface area contributed by atoms with Gasteiger partial charge in [0.2, 0.25) is 0 Å². The minimum atomic E-state index is -0.514. The molecule has 3 amide bonds. The number of carbonyl (C=O) groups is 3. The third-order valence-electron chi connectivity index (χ3n) is 5.40. The molecule has 0 bridgehead atoms. The molecule has 1 N–H and O–H groups in total. The van der Waals surface area contributed by atoms with Crippen LogP contribution in [0.4, 0.5) is 16.2 Å². The van der Waals surface area contributed by atoms with Crippen LogP contribution in [-0.4, -0.2) is 40.1 Å². The number of amides is 3. The standard InChI is InChI=1S/C27H22IN3O7S/c1-2-37-22-13-18(12-21(28)25(22)38-16-24(32)29-19-6-4-3-5-7-19)14-23-26(33)30(27(34)39-23)15-17-8-10-20(11-9-17)31(35)36/h3-14H,2,15-16H2,1H3,(H,29,32)/b23-14-. The molecule has 200 valence electrons. The number of para-hydroxylation sites is 1. The first-order valence-electron chi connectivity index (χ1n) is 11.7. The summed E-state index contributed by atoms with van der Waals surface area (Å²) in [5, 5.41) is 13.2. The topological polar surface area (TPSA) is 128 Å². The van der Waals surface area contributed by atoms with E-state index in [1.807, 2.05) is 25.1 Å². The van der Waals surface area contributed by atoms with E-state index in [1.54, 1.807) is 30.3 Å². The third kappa shape index (κ3) is 7.15. The van der Waals surface area contributed by atoms with Crippen LogP contribution in [0.1, 0.15) is 18.1 Å². The molecule has 3 aromatic rings. The fourth-order valence-corrected chi connectivity index (χ4v) is 5.24. The molecule has 0 spiro atoms. The van der Waals surface area contributed by atoms with Gasteiger partial charge in [-0.25, -0.2) is 0 Å². The first-order valence-corrected chi connectivity index (χ1v) is 13.6. The lowest BCUT2D eigenvalue weighted by molar-refractivity contribution is -0.384. The molecule has 1 heterocycles. The first-order chi connectivity index (χ1) is 18.7. The van der Waals surface area contributed by atoms with Crippen LogP contribution in [0.2, 0.25) is 0 Å². The molecular weight excluding hydrogens is 637 g/mol. The molecular formula is C27H22IN3O7S. The van der Waals surface area contributed by atoms with Crippen molar-refractivity contribution in [1.29, 1.82) is 0 Å². The molecule has 4 rings (SSSR count). The Morgan fingerprint density at radius 2 is 1.82 bits per heavy atom. The number of non-ortho nitro benzene ring substituents is 1. The summed E-state index contributed by atoms with van der Waals surface area (Å²) in [5.41, 5.74) is 1.79. The number of rotatable bonds is 10. The molecule has 1 aliphatic rings. The molecule has 1 saturated heterocycles. The monoisotopic (exact) mass is 659 g/mol. The quantitative estimate of drug-likeness (QED) is 0.124. The van der Waals surface area contributed by atoms with Crippen molar-refractivity contribution in [2.24, 2.45) is 0 Å². The zero-order valence-corrected chi connectivity index (χ0v) is 23.6. The maximum Gasteiger partial charge on any atom is 0.293 e. The number of nitrogens with one attached hydrogen (secondary N) is 1. The van der Waals surface area contributed by atoms with E-state index in [4.69, 9.17) is 9.47 Å². The van der Waals surface area contributed by atoms with Crippen molar-refractivity contribution in [3.63, 3.8) is 0 Å². The molecule has 0 aliphatic carbocycles. The molecule has 1 fully saturated rings. The Morgan fingerprint density at radius 3 is 2.49 bits per heavy atom. The number of imide groups is 1. The third-order valence-corrected chi connectivity index (χ3v) is 7.10. The minimum absolute atomic E-state index is 0.000442. The van der Waals surface area contributed by atoms with Crippen molar-refractivity contribution in [2.75, 3.05) is 18.5 Å². The highest BCUT2D eigenvalue weighted by Crippen LogP contribution is 2.38. The number of nitro benzene ring substituents is 1. The fraction of sp³-hybridized carbons (Fsp3) is 0.148. The number of nitro groups is 1. The first kappa shape index (κ1) is 28.1. The highest BCUT2D eigenvalue weighted by Gasteiger charge is 2.35. The number of anilines is 1. The number of ether oxygens (including phenoxy) is 2. The second-order valence-electron chi connectivity index (χ2n) is 8.16. The van der Waals surface area contributed by atoms with Crippen molar-refractivity contribution in [2.45, 2.75) is 13.5 Å². The maximum absolute atomic E-state index is 13.0. The van der Waals surface area contributed by atoms with Gasteiger partial charge < -0.3 is 14.8 Å². The molecule has 0 saturated carbocycles. The van der Waals surface area contributed by atoms with Gasteiger partial charge in [0, 0.05) is 17.8 Å². The number of halogens is 1. The molecule has 39 heavy (non-hydrogen) atoms. The average Bonchev–Trinajstić information content (AvgIpc) is 3.16.